The van der Waals surface area contributed by atoms with Crippen LogP contribution < -0.4 is 0 Å². The molecule has 0 atom stereocenters. The fourth-order valence-corrected chi connectivity index (χ4v) is 1.35. The molecule has 0 saturated heterocycles. The first-order chi connectivity index (χ1) is 5.22. The standard InChI is InChI=1S/C7H5BrN2S/c1-5-2-6(8)10-7(3-5)9-4-11/h2-3H,1H3. The molecule has 56 valence electrons. The molecular formula is C7H5BrN2S. The number of isothiocyanates is 1. The van der Waals surface area contributed by atoms with Crippen LogP contribution in [0.15, 0.2) is 21.7 Å². The number of aryl methyl sites for hydroxylation is 1. The third kappa shape index (κ3) is 2.50. The maximum Gasteiger partial charge on any atom is 0.163 e. The van der Waals surface area contributed by atoms with Crippen molar-refractivity contribution in [1.29, 1.82) is 0 Å². The molecule has 0 spiro atoms. The summed E-state index contributed by atoms with van der Waals surface area (Å²) in [6.07, 6.45) is 0. The molecule has 0 fully saturated rings. The topological polar surface area (TPSA) is 25.2 Å². The van der Waals surface area contributed by atoms with Crippen LogP contribution in [0.25, 0.3) is 0 Å². The van der Waals surface area contributed by atoms with Gasteiger partial charge in [0.2, 0.25) is 0 Å². The van der Waals surface area contributed by atoms with Gasteiger partial charge < -0.3 is 0 Å². The predicted octanol–water partition coefficient (Wildman–Crippen LogP) is 2.89. The van der Waals surface area contributed by atoms with Gasteiger partial charge in [0.05, 0.1) is 5.16 Å². The zero-order valence-electron chi connectivity index (χ0n) is 5.84. The zero-order valence-corrected chi connectivity index (χ0v) is 8.24. The van der Waals surface area contributed by atoms with Gasteiger partial charge in [-0.05, 0) is 52.8 Å². The van der Waals surface area contributed by atoms with E-state index in [1.165, 1.54) is 0 Å². The Morgan fingerprint density at radius 3 is 2.91 bits per heavy atom. The van der Waals surface area contributed by atoms with Gasteiger partial charge in [0.1, 0.15) is 4.60 Å². The molecule has 0 radical (unpaired) electrons. The number of hydrogen-bond acceptors (Lipinski definition) is 3. The van der Waals surface area contributed by atoms with E-state index in [2.05, 4.69) is 43.3 Å². The summed E-state index contributed by atoms with van der Waals surface area (Å²) in [7, 11) is 0. The van der Waals surface area contributed by atoms with Crippen LogP contribution in [0, 0.1) is 6.92 Å². The fraction of sp³-hybridized carbons (Fsp3) is 0.143. The Bertz CT molecular complexity index is 298. The molecule has 0 unspecified atom stereocenters. The third-order valence-corrected chi connectivity index (χ3v) is 1.58. The average molecular weight is 229 g/mol. The van der Waals surface area contributed by atoms with Gasteiger partial charge in [-0.15, -0.1) is 0 Å². The summed E-state index contributed by atoms with van der Waals surface area (Å²) in [5, 5.41) is 2.26. The van der Waals surface area contributed by atoms with E-state index in [-0.39, 0.29) is 0 Å². The molecule has 0 saturated carbocycles. The minimum Gasteiger partial charge on any atom is -0.221 e. The van der Waals surface area contributed by atoms with Gasteiger partial charge in [0, 0.05) is 0 Å². The molecule has 0 bridgehead atoms. The summed E-state index contributed by atoms with van der Waals surface area (Å²) in [5.41, 5.74) is 1.09. The Morgan fingerprint density at radius 1 is 1.64 bits per heavy atom. The molecule has 1 aromatic heterocycles. The highest BCUT2D eigenvalue weighted by Gasteiger charge is 1.94. The van der Waals surface area contributed by atoms with Gasteiger partial charge >= 0.3 is 0 Å². The van der Waals surface area contributed by atoms with Crippen molar-refractivity contribution in [2.45, 2.75) is 6.92 Å². The summed E-state index contributed by atoms with van der Waals surface area (Å²) in [5.74, 6) is 0.590. The van der Waals surface area contributed by atoms with Crippen LogP contribution in [0.2, 0.25) is 0 Å². The molecule has 0 aromatic carbocycles. The van der Waals surface area contributed by atoms with Crippen molar-refractivity contribution in [3.05, 3.63) is 22.3 Å². The second-order valence-corrected chi connectivity index (χ2v) is 3.02. The molecular weight excluding hydrogens is 224 g/mol. The molecule has 0 N–H and O–H groups in total. The number of pyridine rings is 1. The van der Waals surface area contributed by atoms with Crippen molar-refractivity contribution in [2.24, 2.45) is 4.99 Å². The molecule has 11 heavy (non-hydrogen) atoms. The smallest absolute Gasteiger partial charge is 0.163 e. The Morgan fingerprint density at radius 2 is 2.36 bits per heavy atom. The van der Waals surface area contributed by atoms with E-state index in [9.17, 15) is 0 Å². The van der Waals surface area contributed by atoms with Crippen molar-refractivity contribution in [1.82, 2.24) is 4.98 Å². The van der Waals surface area contributed by atoms with Crippen LogP contribution in [0.1, 0.15) is 5.56 Å². The first-order valence-electron chi connectivity index (χ1n) is 2.94. The number of rotatable bonds is 1. The normalized spacial score (nSPS) is 8.91. The van der Waals surface area contributed by atoms with Gasteiger partial charge in [-0.3, -0.25) is 0 Å². The fourth-order valence-electron chi connectivity index (χ4n) is 0.711. The van der Waals surface area contributed by atoms with Crippen molar-refractivity contribution in [3.8, 4) is 0 Å². The third-order valence-electron chi connectivity index (χ3n) is 1.09. The highest BCUT2D eigenvalue weighted by Crippen LogP contribution is 2.15. The highest BCUT2D eigenvalue weighted by atomic mass is 79.9. The summed E-state index contributed by atoms with van der Waals surface area (Å²) >= 11 is 7.70. The zero-order chi connectivity index (χ0) is 8.27. The van der Waals surface area contributed by atoms with E-state index >= 15 is 0 Å². The van der Waals surface area contributed by atoms with E-state index in [0.717, 1.165) is 10.2 Å². The Labute approximate surface area is 78.5 Å². The Kier molecular flexibility index (Phi) is 2.88. The summed E-state index contributed by atoms with van der Waals surface area (Å²) in [6.45, 7) is 1.97. The average Bonchev–Trinajstić information content (AvgIpc) is 1.85. The molecule has 0 aliphatic heterocycles. The summed E-state index contributed by atoms with van der Waals surface area (Å²) in [6, 6.07) is 3.74. The van der Waals surface area contributed by atoms with Crippen molar-refractivity contribution in [2.75, 3.05) is 0 Å². The molecule has 0 amide bonds. The number of halogens is 1. The van der Waals surface area contributed by atoms with Crippen LogP contribution in [-0.4, -0.2) is 10.1 Å². The van der Waals surface area contributed by atoms with E-state index in [0.29, 0.717) is 5.82 Å². The summed E-state index contributed by atoms with van der Waals surface area (Å²) < 4.78 is 0.765. The highest BCUT2D eigenvalue weighted by molar-refractivity contribution is 9.10. The number of hydrogen-bond donors (Lipinski definition) is 0. The van der Waals surface area contributed by atoms with Gasteiger partial charge in [-0.1, -0.05) is 0 Å². The Balaban J connectivity index is 3.18. The van der Waals surface area contributed by atoms with E-state index < -0.39 is 0 Å². The van der Waals surface area contributed by atoms with Crippen molar-refractivity contribution in [3.63, 3.8) is 0 Å². The SMILES string of the molecule is Cc1cc(Br)nc(N=C=S)c1. The molecule has 4 heteroatoms. The van der Waals surface area contributed by atoms with Gasteiger partial charge in [0.25, 0.3) is 0 Å². The van der Waals surface area contributed by atoms with E-state index in [4.69, 9.17) is 0 Å². The van der Waals surface area contributed by atoms with Crippen LogP contribution in [0.4, 0.5) is 5.82 Å². The van der Waals surface area contributed by atoms with Gasteiger partial charge in [-0.25, -0.2) is 4.98 Å². The van der Waals surface area contributed by atoms with Crippen LogP contribution in [0.5, 0.6) is 0 Å². The first-order valence-corrected chi connectivity index (χ1v) is 4.14. The Hall–Kier alpha value is -0.570. The predicted molar refractivity (Wildman–Crippen MR) is 51.4 cm³/mol. The molecule has 2 nitrogen and oxygen atoms in total. The molecule has 0 aliphatic rings. The van der Waals surface area contributed by atoms with Gasteiger partial charge in [-0.2, -0.15) is 4.99 Å². The lowest BCUT2D eigenvalue weighted by Gasteiger charge is -1.94. The second kappa shape index (κ2) is 3.72. The number of nitrogens with zero attached hydrogens (tertiary/aromatic N) is 2. The quantitative estimate of drug-likeness (QED) is 0.420. The van der Waals surface area contributed by atoms with Crippen molar-refractivity contribution >= 4 is 39.1 Å². The minimum absolute atomic E-state index is 0.590. The lowest BCUT2D eigenvalue weighted by atomic mass is 10.3. The maximum absolute atomic E-state index is 4.45. The molecule has 1 rings (SSSR count). The summed E-state index contributed by atoms with van der Waals surface area (Å²) in [4.78, 5) is 7.80. The first kappa shape index (κ1) is 8.53. The van der Waals surface area contributed by atoms with Gasteiger partial charge in [0.15, 0.2) is 5.82 Å². The lowest BCUT2D eigenvalue weighted by Crippen LogP contribution is -1.78. The lowest BCUT2D eigenvalue weighted by molar-refractivity contribution is 1.21. The monoisotopic (exact) mass is 228 g/mol. The van der Waals surface area contributed by atoms with Crippen molar-refractivity contribution < 1.29 is 0 Å². The molecule has 0 aliphatic carbocycles. The van der Waals surface area contributed by atoms with Crippen LogP contribution in [-0.2, 0) is 0 Å². The van der Waals surface area contributed by atoms with Crippen LogP contribution >= 0.6 is 28.1 Å². The van der Waals surface area contributed by atoms with Crippen LogP contribution in [0.3, 0.4) is 0 Å². The maximum atomic E-state index is 4.45. The largest absolute Gasteiger partial charge is 0.221 e. The second-order valence-electron chi connectivity index (χ2n) is 2.03. The van der Waals surface area contributed by atoms with E-state index in [1.807, 2.05) is 19.1 Å². The minimum atomic E-state index is 0.590. The van der Waals surface area contributed by atoms with E-state index in [1.54, 1.807) is 0 Å². The number of aliphatic imine (C=N–C) groups is 1. The molecule has 1 aromatic rings. The molecule has 1 heterocycles. The number of aromatic nitrogens is 1. The number of thiocarbonyl (C=S) groups is 1.